The number of aryl methyl sites for hydroxylation is 1. The fraction of sp³-hybridized carbons (Fsp3) is 0.294. The summed E-state index contributed by atoms with van der Waals surface area (Å²) in [4.78, 5) is 7.08. The van der Waals surface area contributed by atoms with Crippen LogP contribution in [0.2, 0.25) is 0 Å². The standard InChI is InChI=1S/C17H17BrN4O/c1-21-10-13(9-19-21)16-11-22(6-7-23-16)17-5-2-12-8-14(18)3-4-15(12)20-17/h2-5,8-10,16H,6-7,11H2,1H3. The number of ether oxygens (including phenoxy) is 1. The minimum absolute atomic E-state index is 0.0415. The molecule has 3 aromatic rings. The Balaban J connectivity index is 1.60. The second-order valence-corrected chi connectivity index (χ2v) is 6.67. The molecule has 0 spiro atoms. The Morgan fingerprint density at radius 2 is 2.17 bits per heavy atom. The van der Waals surface area contributed by atoms with Gasteiger partial charge in [-0.2, -0.15) is 5.10 Å². The molecule has 0 aliphatic carbocycles. The van der Waals surface area contributed by atoms with Crippen LogP contribution in [0, 0.1) is 0 Å². The molecular formula is C17H17BrN4O. The third kappa shape index (κ3) is 2.96. The molecule has 0 bridgehead atoms. The maximum absolute atomic E-state index is 5.90. The number of hydrogen-bond donors (Lipinski definition) is 0. The molecule has 1 saturated heterocycles. The molecule has 1 unspecified atom stereocenters. The van der Waals surface area contributed by atoms with Crippen LogP contribution in [0.15, 0.2) is 47.2 Å². The maximum Gasteiger partial charge on any atom is 0.129 e. The highest BCUT2D eigenvalue weighted by Crippen LogP contribution is 2.27. The molecule has 0 amide bonds. The highest BCUT2D eigenvalue weighted by atomic mass is 79.9. The van der Waals surface area contributed by atoms with Gasteiger partial charge in [-0.15, -0.1) is 0 Å². The van der Waals surface area contributed by atoms with E-state index < -0.39 is 0 Å². The van der Waals surface area contributed by atoms with Crippen molar-refractivity contribution in [3.63, 3.8) is 0 Å². The lowest BCUT2D eigenvalue weighted by Crippen LogP contribution is -2.38. The Morgan fingerprint density at radius 1 is 1.26 bits per heavy atom. The van der Waals surface area contributed by atoms with Gasteiger partial charge < -0.3 is 9.64 Å². The second kappa shape index (κ2) is 5.94. The molecule has 1 atom stereocenters. The molecule has 1 fully saturated rings. The van der Waals surface area contributed by atoms with E-state index in [0.717, 1.165) is 39.8 Å². The highest BCUT2D eigenvalue weighted by molar-refractivity contribution is 9.10. The first-order valence-corrected chi connectivity index (χ1v) is 8.40. The number of hydrogen-bond acceptors (Lipinski definition) is 4. The second-order valence-electron chi connectivity index (χ2n) is 5.76. The number of rotatable bonds is 2. The average molecular weight is 373 g/mol. The molecule has 0 saturated carbocycles. The van der Waals surface area contributed by atoms with Gasteiger partial charge in [-0.1, -0.05) is 15.9 Å². The van der Waals surface area contributed by atoms with Gasteiger partial charge >= 0.3 is 0 Å². The quantitative estimate of drug-likeness (QED) is 0.691. The van der Waals surface area contributed by atoms with E-state index in [1.807, 2.05) is 36.3 Å². The first-order valence-electron chi connectivity index (χ1n) is 7.60. The summed E-state index contributed by atoms with van der Waals surface area (Å²) in [6, 6.07) is 10.4. The van der Waals surface area contributed by atoms with Crippen molar-refractivity contribution in [2.75, 3.05) is 24.6 Å². The summed E-state index contributed by atoms with van der Waals surface area (Å²) in [6.45, 7) is 2.34. The van der Waals surface area contributed by atoms with E-state index in [4.69, 9.17) is 9.72 Å². The number of fused-ring (bicyclic) bond motifs is 1. The molecule has 118 valence electrons. The number of nitrogens with zero attached hydrogens (tertiary/aromatic N) is 4. The number of benzene rings is 1. The van der Waals surface area contributed by atoms with Gasteiger partial charge in [-0.05, 0) is 30.3 Å². The zero-order valence-electron chi connectivity index (χ0n) is 12.8. The van der Waals surface area contributed by atoms with Gasteiger partial charge in [0, 0.05) is 41.8 Å². The van der Waals surface area contributed by atoms with Gasteiger partial charge in [-0.3, -0.25) is 4.68 Å². The van der Waals surface area contributed by atoms with Crippen molar-refractivity contribution in [3.8, 4) is 0 Å². The van der Waals surface area contributed by atoms with Crippen LogP contribution in [0.4, 0.5) is 5.82 Å². The smallest absolute Gasteiger partial charge is 0.129 e. The molecule has 0 N–H and O–H groups in total. The molecule has 1 aliphatic heterocycles. The molecule has 4 rings (SSSR count). The van der Waals surface area contributed by atoms with Crippen LogP contribution in [0.25, 0.3) is 10.9 Å². The average Bonchev–Trinajstić information content (AvgIpc) is 3.01. The largest absolute Gasteiger partial charge is 0.370 e. The summed E-state index contributed by atoms with van der Waals surface area (Å²) in [6.07, 6.45) is 3.93. The number of aromatic nitrogens is 3. The van der Waals surface area contributed by atoms with E-state index in [0.29, 0.717) is 6.61 Å². The van der Waals surface area contributed by atoms with E-state index in [2.05, 4.69) is 44.1 Å². The minimum atomic E-state index is 0.0415. The summed E-state index contributed by atoms with van der Waals surface area (Å²) >= 11 is 3.50. The van der Waals surface area contributed by atoms with Crippen LogP contribution >= 0.6 is 15.9 Å². The van der Waals surface area contributed by atoms with Crippen molar-refractivity contribution in [3.05, 3.63) is 52.8 Å². The van der Waals surface area contributed by atoms with Gasteiger partial charge in [0.2, 0.25) is 0 Å². The normalized spacial score (nSPS) is 18.5. The van der Waals surface area contributed by atoms with Gasteiger partial charge in [-0.25, -0.2) is 4.98 Å². The van der Waals surface area contributed by atoms with Crippen molar-refractivity contribution >= 4 is 32.7 Å². The lowest BCUT2D eigenvalue weighted by molar-refractivity contribution is 0.0395. The van der Waals surface area contributed by atoms with E-state index in [9.17, 15) is 0 Å². The molecule has 0 radical (unpaired) electrons. The molecule has 3 heterocycles. The highest BCUT2D eigenvalue weighted by Gasteiger charge is 2.24. The van der Waals surface area contributed by atoms with Crippen molar-refractivity contribution < 1.29 is 4.74 Å². The summed E-state index contributed by atoms with van der Waals surface area (Å²) in [5.41, 5.74) is 2.12. The summed E-state index contributed by atoms with van der Waals surface area (Å²) < 4.78 is 8.78. The lowest BCUT2D eigenvalue weighted by atomic mass is 10.1. The van der Waals surface area contributed by atoms with Crippen LogP contribution in [-0.2, 0) is 11.8 Å². The van der Waals surface area contributed by atoms with Crippen LogP contribution < -0.4 is 4.90 Å². The van der Waals surface area contributed by atoms with Gasteiger partial charge in [0.15, 0.2) is 0 Å². The monoisotopic (exact) mass is 372 g/mol. The molecule has 6 heteroatoms. The SMILES string of the molecule is Cn1cc(C2CN(c3ccc4cc(Br)ccc4n3)CCO2)cn1. The van der Waals surface area contributed by atoms with Gasteiger partial charge in [0.1, 0.15) is 11.9 Å². The van der Waals surface area contributed by atoms with Crippen LogP contribution in [0.3, 0.4) is 0 Å². The Bertz CT molecular complexity index is 847. The van der Waals surface area contributed by atoms with Crippen molar-refractivity contribution in [1.29, 1.82) is 0 Å². The Kier molecular flexibility index (Phi) is 3.79. The zero-order valence-corrected chi connectivity index (χ0v) is 14.4. The number of morpholine rings is 1. The number of halogens is 1. The predicted molar refractivity (Wildman–Crippen MR) is 93.6 cm³/mol. The Morgan fingerprint density at radius 3 is 3.00 bits per heavy atom. The molecule has 23 heavy (non-hydrogen) atoms. The zero-order chi connectivity index (χ0) is 15.8. The summed E-state index contributed by atoms with van der Waals surface area (Å²) in [7, 11) is 1.92. The first-order chi connectivity index (χ1) is 11.2. The predicted octanol–water partition coefficient (Wildman–Crippen LogP) is 3.31. The topological polar surface area (TPSA) is 43.2 Å². The molecule has 1 aromatic carbocycles. The van der Waals surface area contributed by atoms with Crippen molar-refractivity contribution in [1.82, 2.24) is 14.8 Å². The van der Waals surface area contributed by atoms with Crippen LogP contribution in [-0.4, -0.2) is 34.5 Å². The Hall–Kier alpha value is -1.92. The number of anilines is 1. The third-order valence-electron chi connectivity index (χ3n) is 4.12. The third-order valence-corrected chi connectivity index (χ3v) is 4.62. The number of pyridine rings is 1. The minimum Gasteiger partial charge on any atom is -0.370 e. The summed E-state index contributed by atoms with van der Waals surface area (Å²) in [5.74, 6) is 0.997. The van der Waals surface area contributed by atoms with Gasteiger partial charge in [0.05, 0.1) is 18.3 Å². The van der Waals surface area contributed by atoms with Crippen molar-refractivity contribution in [2.45, 2.75) is 6.10 Å². The molecular weight excluding hydrogens is 356 g/mol. The molecule has 1 aliphatic rings. The Labute approximate surface area is 143 Å². The van der Waals surface area contributed by atoms with Crippen molar-refractivity contribution in [2.24, 2.45) is 7.05 Å². The van der Waals surface area contributed by atoms with E-state index >= 15 is 0 Å². The van der Waals surface area contributed by atoms with Crippen LogP contribution in [0.5, 0.6) is 0 Å². The fourth-order valence-electron chi connectivity index (χ4n) is 2.93. The fourth-order valence-corrected chi connectivity index (χ4v) is 3.31. The van der Waals surface area contributed by atoms with Crippen LogP contribution in [0.1, 0.15) is 11.7 Å². The van der Waals surface area contributed by atoms with E-state index in [1.54, 1.807) is 0 Å². The van der Waals surface area contributed by atoms with Gasteiger partial charge in [0.25, 0.3) is 0 Å². The van der Waals surface area contributed by atoms with E-state index in [-0.39, 0.29) is 6.10 Å². The first kappa shape index (κ1) is 14.7. The molecule has 5 nitrogen and oxygen atoms in total. The van der Waals surface area contributed by atoms with E-state index in [1.165, 1.54) is 0 Å². The maximum atomic E-state index is 5.90. The summed E-state index contributed by atoms with van der Waals surface area (Å²) in [5, 5.41) is 5.38. The lowest BCUT2D eigenvalue weighted by Gasteiger charge is -2.33. The molecule has 2 aromatic heterocycles.